The van der Waals surface area contributed by atoms with Crippen LogP contribution < -0.4 is 5.56 Å². The summed E-state index contributed by atoms with van der Waals surface area (Å²) in [7, 11) is 0. The average Bonchev–Trinajstić information content (AvgIpc) is 2.77. The second-order valence-corrected chi connectivity index (χ2v) is 8.34. The van der Waals surface area contributed by atoms with Crippen molar-refractivity contribution in [2.45, 2.75) is 30.8 Å². The van der Waals surface area contributed by atoms with Gasteiger partial charge >= 0.3 is 0 Å². The van der Waals surface area contributed by atoms with Crippen molar-refractivity contribution in [3.63, 3.8) is 0 Å². The summed E-state index contributed by atoms with van der Waals surface area (Å²) in [5.41, 5.74) is 1.94. The van der Waals surface area contributed by atoms with Crippen LogP contribution in [0, 0.1) is 5.82 Å². The standard InChI is InChI=1S/C23H21ClFN3O2S/c1-2-30-12-4-11-28-22(29)18-8-7-16(24)13-20(18)27-23(28)31-14-15-6-9-19(25)17-5-3-10-26-21(15)17/h3,5-10,13H,2,4,11-12,14H2,1H3. The fourth-order valence-electron chi connectivity index (χ4n) is 3.41. The van der Waals surface area contributed by atoms with E-state index in [0.717, 1.165) is 5.56 Å². The highest BCUT2D eigenvalue weighted by Gasteiger charge is 2.14. The first-order chi connectivity index (χ1) is 15.1. The van der Waals surface area contributed by atoms with Gasteiger partial charge in [-0.25, -0.2) is 9.37 Å². The predicted molar refractivity (Wildman–Crippen MR) is 123 cm³/mol. The molecular formula is C23H21ClFN3O2S. The van der Waals surface area contributed by atoms with E-state index in [1.54, 1.807) is 47.2 Å². The van der Waals surface area contributed by atoms with Gasteiger partial charge in [0.15, 0.2) is 5.16 Å². The fraction of sp³-hybridized carbons (Fsp3) is 0.261. The summed E-state index contributed by atoms with van der Waals surface area (Å²) < 4.78 is 21.2. The zero-order valence-corrected chi connectivity index (χ0v) is 18.5. The molecule has 0 N–H and O–H groups in total. The second-order valence-electron chi connectivity index (χ2n) is 6.96. The van der Waals surface area contributed by atoms with Crippen molar-refractivity contribution >= 4 is 45.2 Å². The van der Waals surface area contributed by atoms with Gasteiger partial charge in [0, 0.05) is 42.1 Å². The molecule has 0 unspecified atom stereocenters. The number of nitrogens with zero attached hydrogens (tertiary/aromatic N) is 3. The fourth-order valence-corrected chi connectivity index (χ4v) is 4.58. The second kappa shape index (κ2) is 9.77. The minimum atomic E-state index is -0.303. The van der Waals surface area contributed by atoms with Gasteiger partial charge in [-0.3, -0.25) is 14.3 Å². The molecule has 0 radical (unpaired) electrons. The van der Waals surface area contributed by atoms with E-state index >= 15 is 0 Å². The molecule has 0 saturated carbocycles. The minimum Gasteiger partial charge on any atom is -0.382 e. The van der Waals surface area contributed by atoms with E-state index in [2.05, 4.69) is 4.98 Å². The van der Waals surface area contributed by atoms with Crippen molar-refractivity contribution in [2.24, 2.45) is 0 Å². The number of halogens is 2. The molecule has 0 amide bonds. The first-order valence-corrected chi connectivity index (χ1v) is 11.4. The summed E-state index contributed by atoms with van der Waals surface area (Å²) in [5.74, 6) is 0.195. The van der Waals surface area contributed by atoms with Crippen molar-refractivity contribution in [1.82, 2.24) is 14.5 Å². The molecule has 4 aromatic rings. The van der Waals surface area contributed by atoms with E-state index in [1.165, 1.54) is 17.8 Å². The third kappa shape index (κ3) is 4.74. The van der Waals surface area contributed by atoms with Gasteiger partial charge in [-0.15, -0.1) is 0 Å². The lowest BCUT2D eigenvalue weighted by molar-refractivity contribution is 0.140. The third-order valence-electron chi connectivity index (χ3n) is 4.91. The van der Waals surface area contributed by atoms with Gasteiger partial charge in [-0.1, -0.05) is 29.4 Å². The predicted octanol–water partition coefficient (Wildman–Crippen LogP) is 5.46. The maximum absolute atomic E-state index is 14.1. The lowest BCUT2D eigenvalue weighted by atomic mass is 10.1. The molecule has 0 saturated heterocycles. The SMILES string of the molecule is CCOCCCn1c(SCc2ccc(F)c3cccnc23)nc2cc(Cl)ccc2c1=O. The number of aromatic nitrogens is 3. The van der Waals surface area contributed by atoms with Crippen LogP contribution in [0.3, 0.4) is 0 Å². The summed E-state index contributed by atoms with van der Waals surface area (Å²) in [6.07, 6.45) is 2.35. The molecule has 31 heavy (non-hydrogen) atoms. The van der Waals surface area contributed by atoms with E-state index in [9.17, 15) is 9.18 Å². The van der Waals surface area contributed by atoms with Crippen molar-refractivity contribution in [2.75, 3.05) is 13.2 Å². The highest BCUT2D eigenvalue weighted by atomic mass is 35.5. The Morgan fingerprint density at radius 1 is 1.19 bits per heavy atom. The van der Waals surface area contributed by atoms with Crippen LogP contribution in [0.2, 0.25) is 5.02 Å². The zero-order chi connectivity index (χ0) is 21.8. The molecule has 0 aliphatic heterocycles. The van der Waals surface area contributed by atoms with Crippen molar-refractivity contribution in [1.29, 1.82) is 0 Å². The van der Waals surface area contributed by atoms with Crippen molar-refractivity contribution < 1.29 is 9.13 Å². The number of pyridine rings is 1. The highest BCUT2D eigenvalue weighted by Crippen LogP contribution is 2.27. The molecule has 0 aliphatic rings. The Kier molecular flexibility index (Phi) is 6.85. The van der Waals surface area contributed by atoms with Gasteiger partial charge in [-0.2, -0.15) is 0 Å². The van der Waals surface area contributed by atoms with Crippen LogP contribution in [0.15, 0.2) is 58.6 Å². The van der Waals surface area contributed by atoms with Crippen molar-refractivity contribution in [3.05, 3.63) is 75.4 Å². The van der Waals surface area contributed by atoms with Crippen LogP contribution in [0.5, 0.6) is 0 Å². The maximum atomic E-state index is 14.1. The lowest BCUT2D eigenvalue weighted by Gasteiger charge is -2.14. The highest BCUT2D eigenvalue weighted by molar-refractivity contribution is 7.98. The number of thioether (sulfide) groups is 1. The van der Waals surface area contributed by atoms with E-state index in [0.29, 0.717) is 63.9 Å². The molecule has 0 aliphatic carbocycles. The van der Waals surface area contributed by atoms with Crippen LogP contribution in [-0.2, 0) is 17.0 Å². The molecule has 0 fully saturated rings. The summed E-state index contributed by atoms with van der Waals surface area (Å²) in [5, 5.41) is 2.12. The van der Waals surface area contributed by atoms with E-state index in [-0.39, 0.29) is 11.4 Å². The Morgan fingerprint density at radius 2 is 2.06 bits per heavy atom. The summed E-state index contributed by atoms with van der Waals surface area (Å²) >= 11 is 7.54. The first-order valence-electron chi connectivity index (χ1n) is 10.0. The zero-order valence-electron chi connectivity index (χ0n) is 17.0. The average molecular weight is 458 g/mol. The topological polar surface area (TPSA) is 57.0 Å². The molecular weight excluding hydrogens is 437 g/mol. The van der Waals surface area contributed by atoms with Gasteiger partial charge in [-0.05, 0) is 55.3 Å². The van der Waals surface area contributed by atoms with Crippen LogP contribution in [-0.4, -0.2) is 27.7 Å². The largest absolute Gasteiger partial charge is 0.382 e. The number of rotatable bonds is 8. The lowest BCUT2D eigenvalue weighted by Crippen LogP contribution is -2.24. The van der Waals surface area contributed by atoms with Gasteiger partial charge in [0.1, 0.15) is 5.82 Å². The quantitative estimate of drug-likeness (QED) is 0.200. The van der Waals surface area contributed by atoms with Crippen LogP contribution in [0.1, 0.15) is 18.9 Å². The molecule has 0 atom stereocenters. The molecule has 0 spiro atoms. The molecule has 8 heteroatoms. The minimum absolute atomic E-state index is 0.109. The number of hydrogen-bond donors (Lipinski definition) is 0. The molecule has 2 aromatic heterocycles. The summed E-state index contributed by atoms with van der Waals surface area (Å²) in [6.45, 7) is 3.64. The third-order valence-corrected chi connectivity index (χ3v) is 6.17. The van der Waals surface area contributed by atoms with Crippen LogP contribution in [0.4, 0.5) is 4.39 Å². The number of hydrogen-bond acceptors (Lipinski definition) is 5. The number of ether oxygens (including phenoxy) is 1. The maximum Gasteiger partial charge on any atom is 0.262 e. The Labute approximate surface area is 188 Å². The van der Waals surface area contributed by atoms with Gasteiger partial charge in [0.05, 0.1) is 16.4 Å². The van der Waals surface area contributed by atoms with Crippen LogP contribution >= 0.6 is 23.4 Å². The molecule has 4 rings (SSSR count). The van der Waals surface area contributed by atoms with E-state index < -0.39 is 0 Å². The molecule has 2 heterocycles. The Morgan fingerprint density at radius 3 is 2.90 bits per heavy atom. The normalized spacial score (nSPS) is 11.5. The van der Waals surface area contributed by atoms with Gasteiger partial charge < -0.3 is 4.74 Å². The van der Waals surface area contributed by atoms with Crippen molar-refractivity contribution in [3.8, 4) is 0 Å². The molecule has 0 bridgehead atoms. The van der Waals surface area contributed by atoms with Gasteiger partial charge in [0.2, 0.25) is 0 Å². The smallest absolute Gasteiger partial charge is 0.262 e. The summed E-state index contributed by atoms with van der Waals surface area (Å²) in [4.78, 5) is 22.2. The molecule has 160 valence electrons. The van der Waals surface area contributed by atoms with E-state index in [1.807, 2.05) is 6.92 Å². The Balaban J connectivity index is 1.70. The van der Waals surface area contributed by atoms with Crippen LogP contribution in [0.25, 0.3) is 21.8 Å². The first kappa shape index (κ1) is 21.7. The summed E-state index contributed by atoms with van der Waals surface area (Å²) in [6, 6.07) is 11.7. The Bertz CT molecular complexity index is 1300. The molecule has 5 nitrogen and oxygen atoms in total. The van der Waals surface area contributed by atoms with Gasteiger partial charge in [0.25, 0.3) is 5.56 Å². The molecule has 2 aromatic carbocycles. The Hall–Kier alpha value is -2.48. The van der Waals surface area contributed by atoms with E-state index in [4.69, 9.17) is 21.3 Å². The number of fused-ring (bicyclic) bond motifs is 2. The monoisotopic (exact) mass is 457 g/mol. The number of benzene rings is 2.